The van der Waals surface area contributed by atoms with Gasteiger partial charge in [0, 0.05) is 0 Å². The maximum Gasteiger partial charge on any atom is 0.0777 e. The zero-order valence-corrected chi connectivity index (χ0v) is 21.5. The minimum absolute atomic E-state index is 1.24. The second kappa shape index (κ2) is 10.1. The molecule has 0 radical (unpaired) electrons. The van der Waals surface area contributed by atoms with Gasteiger partial charge in [-0.15, -0.1) is 0 Å². The molecule has 0 bridgehead atoms. The van der Waals surface area contributed by atoms with Crippen LogP contribution in [0, 0.1) is 10.2 Å². The zero-order valence-electron chi connectivity index (χ0n) is 20.8. The normalized spacial score (nSPS) is 11.6. The molecule has 7 rings (SSSR count). The predicted octanol–water partition coefficient (Wildman–Crippen LogP) is 5.46. The highest BCUT2D eigenvalue weighted by atomic mass is 35.7. The highest BCUT2D eigenvalue weighted by Crippen LogP contribution is 2.50. The van der Waals surface area contributed by atoms with Crippen LogP contribution in [0.15, 0.2) is 133 Å². The van der Waals surface area contributed by atoms with E-state index in [1.807, 2.05) is 0 Å². The van der Waals surface area contributed by atoms with Crippen molar-refractivity contribution in [1.82, 2.24) is 0 Å². The smallest absolute Gasteiger partial charge is 0.0777 e. The Bertz CT molecular complexity index is 1770. The SMILES string of the molecule is [O-][Cl+3]([O-])([O-])O.c1ccc(-c2c(-c3ccccc3)c3ccc4cccc5ccc(c2-c2ccccc2)c3c45)cc1. The average Bonchev–Trinajstić information content (AvgIpc) is 2.96. The zero-order chi connectivity index (χ0) is 27.0. The van der Waals surface area contributed by atoms with E-state index in [2.05, 4.69) is 133 Å². The van der Waals surface area contributed by atoms with Gasteiger partial charge in [-0.25, -0.2) is 0 Å². The first kappa shape index (κ1) is 25.0. The maximum absolute atomic E-state index is 8.60. The number of benzene rings is 7. The van der Waals surface area contributed by atoms with Crippen LogP contribution in [-0.2, 0) is 0 Å². The van der Waals surface area contributed by atoms with E-state index in [0.717, 1.165) is 0 Å². The van der Waals surface area contributed by atoms with Gasteiger partial charge < -0.3 is 0 Å². The topological polar surface area (TPSA) is 89.4 Å². The van der Waals surface area contributed by atoms with Gasteiger partial charge in [0.1, 0.15) is 0 Å². The Morgan fingerprint density at radius 1 is 0.385 bits per heavy atom. The fourth-order valence-corrected chi connectivity index (χ4v) is 5.60. The molecule has 7 aromatic carbocycles. The van der Waals surface area contributed by atoms with E-state index in [9.17, 15) is 0 Å². The third kappa shape index (κ3) is 4.84. The van der Waals surface area contributed by atoms with Crippen molar-refractivity contribution in [2.75, 3.05) is 0 Å². The van der Waals surface area contributed by atoms with E-state index in [-0.39, 0.29) is 0 Å². The highest BCUT2D eigenvalue weighted by molar-refractivity contribution is 6.31. The quantitative estimate of drug-likeness (QED) is 0.307. The lowest BCUT2D eigenvalue weighted by Crippen LogP contribution is -2.58. The Morgan fingerprint density at radius 2 is 0.744 bits per heavy atom. The molecule has 4 nitrogen and oxygen atoms in total. The number of halogens is 1. The molecule has 0 aliphatic carbocycles. The van der Waals surface area contributed by atoms with Crippen LogP contribution in [0.3, 0.4) is 0 Å². The predicted molar refractivity (Wildman–Crippen MR) is 149 cm³/mol. The van der Waals surface area contributed by atoms with Crippen LogP contribution in [0.2, 0.25) is 0 Å². The van der Waals surface area contributed by atoms with Gasteiger partial charge in [0.15, 0.2) is 0 Å². The molecule has 0 saturated carbocycles. The Kier molecular flexibility index (Phi) is 6.49. The van der Waals surface area contributed by atoms with E-state index in [0.29, 0.717) is 0 Å². The van der Waals surface area contributed by atoms with Crippen LogP contribution in [-0.4, -0.2) is 4.66 Å². The molecule has 0 fully saturated rings. The molecule has 7 aromatic rings. The standard InChI is InChI=1S/C34H22.ClHO4/c1-4-11-23(12-5-1)31-28-21-19-26-17-10-18-27-20-22-29(34(28)30(26)27)32(24-13-6-2-7-14-24)33(31)25-15-8-3-9-16-25;2-1(3,4)5/h1-22H;(H,2,3,4,5). The molecule has 39 heavy (non-hydrogen) atoms. The summed E-state index contributed by atoms with van der Waals surface area (Å²) in [7, 11) is -4.69. The van der Waals surface area contributed by atoms with Crippen molar-refractivity contribution < 1.29 is 28.9 Å². The third-order valence-corrected chi connectivity index (χ3v) is 7.00. The van der Waals surface area contributed by atoms with Crippen molar-refractivity contribution in [3.05, 3.63) is 133 Å². The number of hydrogen-bond donors (Lipinski definition) is 1. The van der Waals surface area contributed by atoms with Crippen LogP contribution in [0.5, 0.6) is 0 Å². The summed E-state index contributed by atoms with van der Waals surface area (Å²) in [5.74, 6) is 0. The fourth-order valence-electron chi connectivity index (χ4n) is 5.60. The van der Waals surface area contributed by atoms with Crippen LogP contribution in [0.1, 0.15) is 0 Å². The fraction of sp³-hybridized carbons (Fsp3) is 0. The van der Waals surface area contributed by atoms with Gasteiger partial charge in [0.2, 0.25) is 0 Å². The summed E-state index contributed by atoms with van der Waals surface area (Å²) < 4.78 is 32.7. The van der Waals surface area contributed by atoms with Gasteiger partial charge in [-0.1, -0.05) is 133 Å². The highest BCUT2D eigenvalue weighted by Gasteiger charge is 2.22. The number of rotatable bonds is 3. The third-order valence-electron chi connectivity index (χ3n) is 7.00. The van der Waals surface area contributed by atoms with Crippen LogP contribution in [0.25, 0.3) is 65.7 Å². The molecule has 190 valence electrons. The minimum Gasteiger partial charge on any atom is -0.183 e. The molecule has 0 aliphatic heterocycles. The molecule has 5 heteroatoms. The first-order chi connectivity index (χ1) is 18.9. The largest absolute Gasteiger partial charge is 0.183 e. The van der Waals surface area contributed by atoms with Gasteiger partial charge in [0.05, 0.1) is 14.9 Å². The molecular formula is C34H23ClO4. The molecule has 0 aliphatic rings. The van der Waals surface area contributed by atoms with Gasteiger partial charge >= 0.3 is 0 Å². The van der Waals surface area contributed by atoms with E-state index in [1.165, 1.54) is 65.7 Å². The van der Waals surface area contributed by atoms with Crippen molar-refractivity contribution >= 4 is 32.3 Å². The summed E-state index contributed by atoms with van der Waals surface area (Å²) in [5, 5.41) is 7.91. The molecule has 0 aromatic heterocycles. The molecule has 0 spiro atoms. The molecule has 1 N–H and O–H groups in total. The molecular weight excluding hydrogens is 508 g/mol. The Morgan fingerprint density at radius 3 is 1.13 bits per heavy atom. The lowest BCUT2D eigenvalue weighted by atomic mass is 9.79. The van der Waals surface area contributed by atoms with E-state index in [4.69, 9.17) is 18.6 Å². The van der Waals surface area contributed by atoms with Gasteiger partial charge in [-0.2, -0.15) is 14.0 Å². The summed E-state index contributed by atoms with van der Waals surface area (Å²) in [5.41, 5.74) is 7.63. The molecule has 0 saturated heterocycles. The second-order valence-corrected chi connectivity index (χ2v) is 10.1. The molecule has 0 amide bonds. The lowest BCUT2D eigenvalue weighted by Gasteiger charge is -2.23. The summed E-state index contributed by atoms with van der Waals surface area (Å²) in [6.45, 7) is 0. The van der Waals surface area contributed by atoms with Crippen LogP contribution < -0.4 is 14.0 Å². The molecule has 0 unspecified atom stereocenters. The van der Waals surface area contributed by atoms with Crippen LogP contribution >= 0.6 is 0 Å². The van der Waals surface area contributed by atoms with Crippen molar-refractivity contribution in [1.29, 1.82) is 0 Å². The van der Waals surface area contributed by atoms with Crippen molar-refractivity contribution in [3.8, 4) is 33.4 Å². The first-order valence-corrected chi connectivity index (χ1v) is 13.7. The molecule has 0 heterocycles. The van der Waals surface area contributed by atoms with Crippen LogP contribution in [0.4, 0.5) is 0 Å². The Hall–Kier alpha value is -4.29. The Balaban J connectivity index is 0.000000510. The van der Waals surface area contributed by atoms with Crippen molar-refractivity contribution in [3.63, 3.8) is 0 Å². The monoisotopic (exact) mass is 530 g/mol. The second-order valence-electron chi connectivity index (χ2n) is 9.30. The summed E-state index contributed by atoms with van der Waals surface area (Å²) >= 11 is 0. The number of hydrogen-bond acceptors (Lipinski definition) is 4. The summed E-state index contributed by atoms with van der Waals surface area (Å²) in [4.78, 5) is 0. The van der Waals surface area contributed by atoms with E-state index in [1.54, 1.807) is 0 Å². The van der Waals surface area contributed by atoms with Crippen molar-refractivity contribution in [2.24, 2.45) is 0 Å². The Labute approximate surface area is 227 Å². The average molecular weight is 531 g/mol. The van der Waals surface area contributed by atoms with E-state index < -0.39 is 10.2 Å². The summed E-state index contributed by atoms with van der Waals surface area (Å²) in [6, 6.07) is 48.5. The van der Waals surface area contributed by atoms with Crippen molar-refractivity contribution in [2.45, 2.75) is 0 Å². The van der Waals surface area contributed by atoms with E-state index >= 15 is 0 Å². The first-order valence-electron chi connectivity index (χ1n) is 12.4. The van der Waals surface area contributed by atoms with Gasteiger partial charge in [0.25, 0.3) is 0 Å². The minimum atomic E-state index is -4.69. The lowest BCUT2D eigenvalue weighted by molar-refractivity contribution is -1.92. The molecule has 0 atom stereocenters. The van der Waals surface area contributed by atoms with Gasteiger partial charge in [-0.05, 0) is 65.7 Å². The summed E-state index contributed by atoms with van der Waals surface area (Å²) in [6.07, 6.45) is 0. The van der Waals surface area contributed by atoms with Gasteiger partial charge in [-0.3, -0.25) is 0 Å². The maximum atomic E-state index is 8.60.